The number of aromatic nitrogens is 2. The van der Waals surface area contributed by atoms with Crippen LogP contribution in [0.2, 0.25) is 0 Å². The summed E-state index contributed by atoms with van der Waals surface area (Å²) in [5.41, 5.74) is 1.07. The third kappa shape index (κ3) is 4.97. The van der Waals surface area contributed by atoms with E-state index in [2.05, 4.69) is 45.3 Å². The van der Waals surface area contributed by atoms with Gasteiger partial charge in [-0.1, -0.05) is 78.8 Å². The maximum atomic E-state index is 13.2. The Morgan fingerprint density at radius 1 is 0.968 bits per heavy atom. The molecule has 0 radical (unpaired) electrons. The van der Waals surface area contributed by atoms with Gasteiger partial charge in [-0.25, -0.2) is 4.98 Å². The fourth-order valence-corrected chi connectivity index (χ4v) is 4.31. The Morgan fingerprint density at radius 2 is 1.65 bits per heavy atom. The molecule has 3 aromatic carbocycles. The van der Waals surface area contributed by atoms with Crippen LogP contribution in [0.3, 0.4) is 0 Å². The molecule has 0 aliphatic heterocycles. The fourth-order valence-electron chi connectivity index (χ4n) is 3.11. The van der Waals surface area contributed by atoms with Gasteiger partial charge in [0.15, 0.2) is 0 Å². The second-order valence-electron chi connectivity index (χ2n) is 8.19. The summed E-state index contributed by atoms with van der Waals surface area (Å²) in [7, 11) is 0. The molecule has 0 N–H and O–H groups in total. The topological polar surface area (TPSA) is 47.2 Å². The Balaban J connectivity index is 1.69. The molecule has 0 saturated heterocycles. The van der Waals surface area contributed by atoms with Crippen LogP contribution < -0.4 is 5.56 Å². The molecule has 0 unspecified atom stereocenters. The SMILES string of the molecule is CC(C)(C)c1nc2ccc(Br)cc2c(=O)n1N=Cc1ccc(Sc2ccccc2)cc1. The predicted molar refractivity (Wildman–Crippen MR) is 132 cm³/mol. The molecule has 0 aliphatic carbocycles. The van der Waals surface area contributed by atoms with Crippen molar-refractivity contribution in [2.75, 3.05) is 0 Å². The van der Waals surface area contributed by atoms with Gasteiger partial charge in [-0.2, -0.15) is 9.78 Å². The Labute approximate surface area is 194 Å². The minimum absolute atomic E-state index is 0.177. The van der Waals surface area contributed by atoms with Crippen molar-refractivity contribution in [1.82, 2.24) is 9.66 Å². The highest BCUT2D eigenvalue weighted by Gasteiger charge is 2.22. The summed E-state index contributed by atoms with van der Waals surface area (Å²) in [5, 5.41) is 5.07. The van der Waals surface area contributed by atoms with Gasteiger partial charge in [0.2, 0.25) is 0 Å². The number of hydrogen-bond donors (Lipinski definition) is 0. The van der Waals surface area contributed by atoms with Crippen LogP contribution in [0.5, 0.6) is 0 Å². The van der Waals surface area contributed by atoms with Crippen LogP contribution in [0.15, 0.2) is 97.0 Å². The third-order valence-corrected chi connectivity index (χ3v) is 6.17. The van der Waals surface area contributed by atoms with Gasteiger partial charge in [0.1, 0.15) is 5.82 Å². The van der Waals surface area contributed by atoms with E-state index in [1.165, 1.54) is 9.57 Å². The average molecular weight is 492 g/mol. The molecule has 31 heavy (non-hydrogen) atoms. The molecule has 0 spiro atoms. The maximum absolute atomic E-state index is 13.2. The number of hydrogen-bond acceptors (Lipinski definition) is 4. The minimum Gasteiger partial charge on any atom is -0.267 e. The van der Waals surface area contributed by atoms with E-state index in [1.807, 2.05) is 63.2 Å². The van der Waals surface area contributed by atoms with Crippen LogP contribution in [0.1, 0.15) is 32.2 Å². The van der Waals surface area contributed by atoms with Crippen molar-refractivity contribution in [2.45, 2.75) is 36.0 Å². The highest BCUT2D eigenvalue weighted by molar-refractivity contribution is 9.10. The van der Waals surface area contributed by atoms with Gasteiger partial charge in [0.25, 0.3) is 5.56 Å². The molecule has 4 aromatic rings. The number of fused-ring (bicyclic) bond motifs is 1. The fraction of sp³-hybridized carbons (Fsp3) is 0.160. The molecule has 0 aliphatic rings. The van der Waals surface area contributed by atoms with E-state index in [4.69, 9.17) is 4.98 Å². The zero-order valence-corrected chi connectivity index (χ0v) is 19.9. The van der Waals surface area contributed by atoms with Crippen LogP contribution in [0, 0.1) is 0 Å². The summed E-state index contributed by atoms with van der Waals surface area (Å²) < 4.78 is 2.26. The molecule has 6 heteroatoms. The normalized spacial score (nSPS) is 12.0. The van der Waals surface area contributed by atoms with Crippen molar-refractivity contribution in [2.24, 2.45) is 5.10 Å². The number of rotatable bonds is 4. The monoisotopic (exact) mass is 491 g/mol. The molecule has 156 valence electrons. The van der Waals surface area contributed by atoms with Crippen molar-refractivity contribution in [3.8, 4) is 0 Å². The van der Waals surface area contributed by atoms with Gasteiger partial charge in [-0.05, 0) is 48.0 Å². The van der Waals surface area contributed by atoms with Crippen molar-refractivity contribution in [3.05, 3.63) is 99.0 Å². The number of benzene rings is 3. The second kappa shape index (κ2) is 8.81. The molecule has 1 heterocycles. The standard InChI is InChI=1S/C25H22BrN3OS/c1-25(2,3)24-28-22-14-11-18(26)15-21(22)23(30)29(24)27-16-17-9-12-20(13-10-17)31-19-7-5-4-6-8-19/h4-16H,1-3H3. The molecular weight excluding hydrogens is 470 g/mol. The Kier molecular flexibility index (Phi) is 6.12. The largest absolute Gasteiger partial charge is 0.282 e. The highest BCUT2D eigenvalue weighted by Crippen LogP contribution is 2.27. The lowest BCUT2D eigenvalue weighted by Gasteiger charge is -2.20. The predicted octanol–water partition coefficient (Wildman–Crippen LogP) is 6.49. The number of halogens is 1. The third-order valence-electron chi connectivity index (χ3n) is 4.66. The molecule has 0 atom stereocenters. The van der Waals surface area contributed by atoms with Crippen LogP contribution >= 0.6 is 27.7 Å². The molecule has 1 aromatic heterocycles. The van der Waals surface area contributed by atoms with E-state index >= 15 is 0 Å². The summed E-state index contributed by atoms with van der Waals surface area (Å²) in [5.74, 6) is 0.625. The van der Waals surface area contributed by atoms with E-state index in [0.717, 1.165) is 14.9 Å². The first-order valence-corrected chi connectivity index (χ1v) is 11.5. The molecule has 4 rings (SSSR count). The second-order valence-corrected chi connectivity index (χ2v) is 10.3. The average Bonchev–Trinajstić information content (AvgIpc) is 2.74. The van der Waals surface area contributed by atoms with Gasteiger partial charge >= 0.3 is 0 Å². The summed E-state index contributed by atoms with van der Waals surface area (Å²) in [6.45, 7) is 6.09. The van der Waals surface area contributed by atoms with E-state index in [1.54, 1.807) is 24.0 Å². The molecule has 0 saturated carbocycles. The Morgan fingerprint density at radius 3 is 2.32 bits per heavy atom. The summed E-state index contributed by atoms with van der Waals surface area (Å²) in [6, 6.07) is 23.9. The van der Waals surface area contributed by atoms with Gasteiger partial charge in [0.05, 0.1) is 17.1 Å². The summed E-state index contributed by atoms with van der Waals surface area (Å²) in [6.07, 6.45) is 1.71. The van der Waals surface area contributed by atoms with Gasteiger partial charge in [-0.15, -0.1) is 0 Å². The number of nitrogens with zero attached hydrogens (tertiary/aromatic N) is 3. The first-order chi connectivity index (χ1) is 14.8. The highest BCUT2D eigenvalue weighted by atomic mass is 79.9. The molecule has 0 fully saturated rings. The van der Waals surface area contributed by atoms with Crippen LogP contribution in [0.25, 0.3) is 10.9 Å². The van der Waals surface area contributed by atoms with Crippen molar-refractivity contribution in [3.63, 3.8) is 0 Å². The molecule has 4 nitrogen and oxygen atoms in total. The molecule has 0 amide bonds. The van der Waals surface area contributed by atoms with E-state index < -0.39 is 0 Å². The minimum atomic E-state index is -0.339. The Bertz CT molecular complexity index is 1310. The lowest BCUT2D eigenvalue weighted by atomic mass is 9.95. The zero-order chi connectivity index (χ0) is 22.0. The van der Waals surface area contributed by atoms with Crippen molar-refractivity contribution in [1.29, 1.82) is 0 Å². The first kappa shape index (κ1) is 21.5. The van der Waals surface area contributed by atoms with E-state index in [9.17, 15) is 4.79 Å². The summed E-state index contributed by atoms with van der Waals surface area (Å²) in [4.78, 5) is 20.3. The lowest BCUT2D eigenvalue weighted by molar-refractivity contribution is 0.506. The smallest absolute Gasteiger partial charge is 0.267 e. The van der Waals surface area contributed by atoms with E-state index in [0.29, 0.717) is 16.7 Å². The van der Waals surface area contributed by atoms with Gasteiger partial charge < -0.3 is 0 Å². The quantitative estimate of drug-likeness (QED) is 0.306. The van der Waals surface area contributed by atoms with Crippen LogP contribution in [-0.2, 0) is 5.41 Å². The maximum Gasteiger partial charge on any atom is 0.282 e. The van der Waals surface area contributed by atoms with Crippen molar-refractivity contribution >= 4 is 44.8 Å². The Hall–Kier alpha value is -2.70. The van der Waals surface area contributed by atoms with Crippen LogP contribution in [-0.4, -0.2) is 15.9 Å². The summed E-state index contributed by atoms with van der Waals surface area (Å²) >= 11 is 5.15. The lowest BCUT2D eigenvalue weighted by Crippen LogP contribution is -2.29. The van der Waals surface area contributed by atoms with Gasteiger partial charge in [0, 0.05) is 19.7 Å². The first-order valence-electron chi connectivity index (χ1n) is 9.91. The molecule has 0 bridgehead atoms. The molecular formula is C25H22BrN3OS. The van der Waals surface area contributed by atoms with Crippen LogP contribution in [0.4, 0.5) is 0 Å². The van der Waals surface area contributed by atoms with Crippen molar-refractivity contribution < 1.29 is 0 Å². The zero-order valence-electron chi connectivity index (χ0n) is 17.5. The van der Waals surface area contributed by atoms with E-state index in [-0.39, 0.29) is 11.0 Å². The van der Waals surface area contributed by atoms with Gasteiger partial charge in [-0.3, -0.25) is 4.79 Å².